The van der Waals surface area contributed by atoms with Crippen molar-refractivity contribution < 1.29 is 31.9 Å². The fraction of sp³-hybridized carbons (Fsp3) is 0.478. The fourth-order valence-corrected chi connectivity index (χ4v) is 4.66. The van der Waals surface area contributed by atoms with Crippen LogP contribution in [0.1, 0.15) is 36.2 Å². The molecule has 7 nitrogen and oxygen atoms in total. The van der Waals surface area contributed by atoms with Crippen LogP contribution in [-0.2, 0) is 32.6 Å². The second-order valence-electron chi connectivity index (χ2n) is 9.13. The van der Waals surface area contributed by atoms with E-state index in [0.29, 0.717) is 30.2 Å². The molecule has 0 spiro atoms. The Morgan fingerprint density at radius 1 is 1.23 bits per heavy atom. The van der Waals surface area contributed by atoms with Gasteiger partial charge in [-0.25, -0.2) is 0 Å². The minimum Gasteiger partial charge on any atom is -0.609 e. The number of pyridine rings is 1. The number of aryl methyl sites for hydroxylation is 1. The van der Waals surface area contributed by atoms with Crippen molar-refractivity contribution in [1.82, 2.24) is 15.0 Å². The van der Waals surface area contributed by atoms with E-state index < -0.39 is 29.2 Å². The first-order valence-corrected chi connectivity index (χ1v) is 12.0. The number of hydrogen-bond acceptors (Lipinski definition) is 6. The molecule has 1 aliphatic heterocycles. The number of aromatic amines is 1. The SMILES string of the molecule is Cc1cnc(C[S+]([O-])c2nc3cc(C(F)(F)F)ccc3[nH]2)c(C)c1OCC1OCC(C)(C)CO1.[Na]. The first kappa shape index (κ1) is 28.2. The number of nitrogens with one attached hydrogen (secondary N) is 1. The molecule has 12 heteroatoms. The number of fused-ring (bicyclic) bond motifs is 1. The van der Waals surface area contributed by atoms with Gasteiger partial charge in [-0.1, -0.05) is 13.8 Å². The Hall–Kier alpha value is -1.34. The first-order valence-electron chi connectivity index (χ1n) is 10.7. The molecule has 4 rings (SSSR count). The smallest absolute Gasteiger partial charge is 0.416 e. The van der Waals surface area contributed by atoms with Gasteiger partial charge in [0.2, 0.25) is 0 Å². The summed E-state index contributed by atoms with van der Waals surface area (Å²) in [5.74, 6) is 0.637. The molecule has 1 saturated heterocycles. The van der Waals surface area contributed by atoms with Crippen LogP contribution >= 0.6 is 0 Å². The summed E-state index contributed by atoms with van der Waals surface area (Å²) in [6.07, 6.45) is -3.32. The van der Waals surface area contributed by atoms with Crippen LogP contribution in [0.5, 0.6) is 5.75 Å². The molecule has 1 radical (unpaired) electrons. The van der Waals surface area contributed by atoms with Crippen LogP contribution in [-0.4, -0.2) is 75.2 Å². The molecule has 1 unspecified atom stereocenters. The van der Waals surface area contributed by atoms with Gasteiger partial charge in [-0.2, -0.15) is 18.2 Å². The molecule has 185 valence electrons. The third kappa shape index (κ3) is 6.71. The number of nitrogens with zero attached hydrogens (tertiary/aromatic N) is 2. The van der Waals surface area contributed by atoms with E-state index in [4.69, 9.17) is 14.2 Å². The maximum absolute atomic E-state index is 13.0. The topological polar surface area (TPSA) is 92.3 Å². The summed E-state index contributed by atoms with van der Waals surface area (Å²) in [6.45, 7) is 9.15. The number of H-pyrrole nitrogens is 1. The maximum Gasteiger partial charge on any atom is 0.416 e. The average Bonchev–Trinajstić information content (AvgIpc) is 3.19. The monoisotopic (exact) mass is 520 g/mol. The number of ether oxygens (including phenoxy) is 3. The van der Waals surface area contributed by atoms with Crippen LogP contribution in [0, 0.1) is 19.3 Å². The van der Waals surface area contributed by atoms with Crippen LogP contribution in [0.25, 0.3) is 11.0 Å². The summed E-state index contributed by atoms with van der Waals surface area (Å²) < 4.78 is 69.3. The van der Waals surface area contributed by atoms with Crippen molar-refractivity contribution in [3.8, 4) is 5.75 Å². The predicted octanol–water partition coefficient (Wildman–Crippen LogP) is 4.30. The molecular weight excluding hydrogens is 494 g/mol. The Bertz CT molecular complexity index is 1180. The minimum absolute atomic E-state index is 0. The fourth-order valence-electron chi connectivity index (χ4n) is 3.56. The van der Waals surface area contributed by atoms with Crippen LogP contribution in [0.3, 0.4) is 0 Å². The number of benzene rings is 1. The Morgan fingerprint density at radius 3 is 2.57 bits per heavy atom. The molecule has 0 aliphatic carbocycles. The zero-order chi connectivity index (χ0) is 24.7. The summed E-state index contributed by atoms with van der Waals surface area (Å²) in [5.41, 5.74) is 1.71. The van der Waals surface area contributed by atoms with E-state index in [1.165, 1.54) is 6.07 Å². The maximum atomic E-state index is 13.0. The third-order valence-electron chi connectivity index (χ3n) is 5.50. The zero-order valence-corrected chi connectivity index (χ0v) is 23.1. The van der Waals surface area contributed by atoms with Crippen molar-refractivity contribution in [3.63, 3.8) is 0 Å². The van der Waals surface area contributed by atoms with Gasteiger partial charge in [0.15, 0.2) is 12.0 Å². The summed E-state index contributed by atoms with van der Waals surface area (Å²) in [7, 11) is 0. The molecule has 1 atom stereocenters. The van der Waals surface area contributed by atoms with Crippen molar-refractivity contribution in [1.29, 1.82) is 0 Å². The number of rotatable bonds is 6. The predicted molar refractivity (Wildman–Crippen MR) is 126 cm³/mol. The van der Waals surface area contributed by atoms with Crippen LogP contribution < -0.4 is 4.74 Å². The van der Waals surface area contributed by atoms with Crippen LogP contribution in [0.15, 0.2) is 29.6 Å². The Morgan fingerprint density at radius 2 is 1.91 bits per heavy atom. The van der Waals surface area contributed by atoms with Gasteiger partial charge in [0.1, 0.15) is 12.4 Å². The molecule has 1 N–H and O–H groups in total. The van der Waals surface area contributed by atoms with E-state index >= 15 is 0 Å². The van der Waals surface area contributed by atoms with Crippen molar-refractivity contribution in [2.45, 2.75) is 51.1 Å². The zero-order valence-electron chi connectivity index (χ0n) is 20.3. The standard InChI is InChI=1S/C23H26F3N3O4S.Na/c1-13-8-27-18(14(2)20(13)31-9-19-32-11-22(3,4)12-33-19)10-34(30)21-28-16-6-5-15(23(24,25)26)7-17(16)29-21;/h5-8,19H,9-12H2,1-4H3,(H,28,29);. The van der Waals surface area contributed by atoms with Crippen LogP contribution in [0.2, 0.25) is 0 Å². The largest absolute Gasteiger partial charge is 0.609 e. The normalized spacial score (nSPS) is 17.3. The van der Waals surface area contributed by atoms with Gasteiger partial charge in [0, 0.05) is 63.5 Å². The van der Waals surface area contributed by atoms with E-state index in [-0.39, 0.29) is 58.0 Å². The summed E-state index contributed by atoms with van der Waals surface area (Å²) in [6, 6.07) is 3.18. The molecule has 0 saturated carbocycles. The molecule has 35 heavy (non-hydrogen) atoms. The molecule has 1 aromatic carbocycles. The molecule has 3 aromatic rings. The van der Waals surface area contributed by atoms with Gasteiger partial charge in [-0.05, 0) is 32.0 Å². The van der Waals surface area contributed by atoms with Crippen LogP contribution in [0.4, 0.5) is 13.2 Å². The number of imidazole rings is 1. The number of halogens is 3. The number of hydrogen-bond donors (Lipinski definition) is 1. The third-order valence-corrected chi connectivity index (χ3v) is 6.66. The second kappa shape index (κ2) is 11.0. The van der Waals surface area contributed by atoms with E-state index in [0.717, 1.165) is 23.3 Å². The quantitative estimate of drug-likeness (QED) is 0.385. The van der Waals surface area contributed by atoms with Gasteiger partial charge >= 0.3 is 11.3 Å². The molecule has 0 amide bonds. The van der Waals surface area contributed by atoms with Gasteiger partial charge in [-0.3, -0.25) is 9.97 Å². The van der Waals surface area contributed by atoms with Gasteiger partial charge in [0.25, 0.3) is 0 Å². The van der Waals surface area contributed by atoms with Gasteiger partial charge < -0.3 is 18.8 Å². The Labute approximate surface area is 226 Å². The first-order chi connectivity index (χ1) is 15.9. The second-order valence-corrected chi connectivity index (χ2v) is 10.5. The van der Waals surface area contributed by atoms with E-state index in [2.05, 4.69) is 28.8 Å². The van der Waals surface area contributed by atoms with Crippen molar-refractivity contribution in [2.75, 3.05) is 19.8 Å². The van der Waals surface area contributed by atoms with Crippen molar-refractivity contribution in [3.05, 3.63) is 46.8 Å². The van der Waals surface area contributed by atoms with Gasteiger partial charge in [-0.15, -0.1) is 0 Å². The molecule has 1 fully saturated rings. The van der Waals surface area contributed by atoms with E-state index in [1.807, 2.05) is 13.8 Å². The minimum atomic E-state index is -4.48. The average molecular weight is 521 g/mol. The Kier molecular flexibility index (Phi) is 8.84. The van der Waals surface area contributed by atoms with E-state index in [9.17, 15) is 17.7 Å². The van der Waals surface area contributed by atoms with Gasteiger partial charge in [0.05, 0.1) is 35.5 Å². The summed E-state index contributed by atoms with van der Waals surface area (Å²) >= 11 is -1.65. The summed E-state index contributed by atoms with van der Waals surface area (Å²) in [4.78, 5) is 11.3. The molecule has 3 heterocycles. The van der Waals surface area contributed by atoms with E-state index in [1.54, 1.807) is 6.20 Å². The van der Waals surface area contributed by atoms with Crippen molar-refractivity contribution in [2.24, 2.45) is 5.41 Å². The summed E-state index contributed by atoms with van der Waals surface area (Å²) in [5, 5.41) is 0.0881. The molecule has 1 aliphatic rings. The number of alkyl halides is 3. The molecule has 2 aromatic heterocycles. The molecule has 0 bridgehead atoms. The van der Waals surface area contributed by atoms with Crippen molar-refractivity contribution >= 4 is 51.8 Å². The number of aromatic nitrogens is 3. The molecular formula is C23H26F3N3NaO4S. The Balaban J connectivity index is 0.00000342.